The van der Waals surface area contributed by atoms with Crippen molar-refractivity contribution in [1.82, 2.24) is 20.4 Å². The number of esters is 1. The molecule has 4 amide bonds. The number of imide groups is 1. The van der Waals surface area contributed by atoms with E-state index in [0.717, 1.165) is 10.5 Å². The number of nitrogens with one attached hydrogen (secondary N) is 2. The van der Waals surface area contributed by atoms with E-state index >= 15 is 0 Å². The van der Waals surface area contributed by atoms with Crippen molar-refractivity contribution in [3.8, 4) is 0 Å². The fourth-order valence-electron chi connectivity index (χ4n) is 4.40. The first-order valence-electron chi connectivity index (χ1n) is 12.4. The predicted molar refractivity (Wildman–Crippen MR) is 131 cm³/mol. The number of benzene rings is 1. The lowest BCUT2D eigenvalue weighted by Gasteiger charge is -2.28. The normalized spacial score (nSPS) is 18.9. The third-order valence-electron chi connectivity index (χ3n) is 6.35. The Hall–Kier alpha value is -3.53. The monoisotopic (exact) mass is 498 g/mol. The molecule has 36 heavy (non-hydrogen) atoms. The summed E-state index contributed by atoms with van der Waals surface area (Å²) in [4.78, 5) is 64.7. The van der Waals surface area contributed by atoms with Gasteiger partial charge in [-0.05, 0) is 45.1 Å². The molecule has 0 aliphatic carbocycles. The zero-order valence-electron chi connectivity index (χ0n) is 20.8. The molecule has 0 aromatic heterocycles. The van der Waals surface area contributed by atoms with Gasteiger partial charge in [-0.25, -0.2) is 4.79 Å². The lowest BCUT2D eigenvalue weighted by atomic mass is 10.0. The molecule has 0 radical (unpaired) electrons. The standard InChI is InChI=1S/C26H34N4O6/c1-3-36-26(35)20(12-11-19-8-5-4-6-9-19)28-24(33)21-10-7-16-29(21)25(34)18(2)27-15-17-30-22(31)13-14-23(30)32/h4-6,8-9,13-14,18,20-21,27H,3,7,10-12,15-17H2,1-2H3,(H,28,33)/t18-,20-,21-/m0/s1. The summed E-state index contributed by atoms with van der Waals surface area (Å²) in [6, 6.07) is 7.57. The number of rotatable bonds is 12. The highest BCUT2D eigenvalue weighted by Crippen LogP contribution is 2.19. The molecule has 1 aromatic rings. The Morgan fingerprint density at radius 3 is 2.47 bits per heavy atom. The van der Waals surface area contributed by atoms with E-state index in [1.165, 1.54) is 17.1 Å². The summed E-state index contributed by atoms with van der Waals surface area (Å²) in [7, 11) is 0. The molecule has 3 rings (SSSR count). The third-order valence-corrected chi connectivity index (χ3v) is 6.35. The Labute approximate surface area is 211 Å². The summed E-state index contributed by atoms with van der Waals surface area (Å²) < 4.78 is 5.17. The second kappa shape index (κ2) is 13.0. The lowest BCUT2D eigenvalue weighted by Crippen LogP contribution is -2.54. The van der Waals surface area contributed by atoms with Crippen LogP contribution in [0.25, 0.3) is 0 Å². The van der Waals surface area contributed by atoms with Crippen molar-refractivity contribution in [2.24, 2.45) is 0 Å². The molecule has 194 valence electrons. The molecular weight excluding hydrogens is 464 g/mol. The van der Waals surface area contributed by atoms with Crippen LogP contribution in [-0.4, -0.2) is 83.8 Å². The van der Waals surface area contributed by atoms with E-state index in [1.54, 1.807) is 13.8 Å². The molecule has 1 saturated heterocycles. The van der Waals surface area contributed by atoms with Crippen LogP contribution in [-0.2, 0) is 35.1 Å². The Balaban J connectivity index is 1.55. The zero-order valence-corrected chi connectivity index (χ0v) is 20.8. The summed E-state index contributed by atoms with van der Waals surface area (Å²) in [6.45, 7) is 4.44. The van der Waals surface area contributed by atoms with Gasteiger partial charge in [0.15, 0.2) is 0 Å². The van der Waals surface area contributed by atoms with Crippen molar-refractivity contribution in [2.75, 3.05) is 26.2 Å². The largest absolute Gasteiger partial charge is 0.464 e. The fraction of sp³-hybridized carbons (Fsp3) is 0.500. The van der Waals surface area contributed by atoms with Crippen molar-refractivity contribution in [3.63, 3.8) is 0 Å². The molecule has 3 atom stereocenters. The molecule has 1 aromatic carbocycles. The van der Waals surface area contributed by atoms with Crippen LogP contribution in [0.3, 0.4) is 0 Å². The van der Waals surface area contributed by atoms with Gasteiger partial charge in [-0.1, -0.05) is 30.3 Å². The highest BCUT2D eigenvalue weighted by atomic mass is 16.5. The van der Waals surface area contributed by atoms with Crippen molar-refractivity contribution < 1.29 is 28.7 Å². The van der Waals surface area contributed by atoms with Gasteiger partial charge in [-0.15, -0.1) is 0 Å². The molecule has 2 heterocycles. The number of nitrogens with zero attached hydrogens (tertiary/aromatic N) is 2. The van der Waals surface area contributed by atoms with Gasteiger partial charge in [0.25, 0.3) is 11.8 Å². The van der Waals surface area contributed by atoms with Gasteiger partial charge in [0.2, 0.25) is 11.8 Å². The summed E-state index contributed by atoms with van der Waals surface area (Å²) in [5, 5.41) is 5.84. The van der Waals surface area contributed by atoms with E-state index in [-0.39, 0.29) is 43.3 Å². The summed E-state index contributed by atoms with van der Waals surface area (Å²) in [5.41, 5.74) is 1.05. The minimum atomic E-state index is -0.810. The zero-order chi connectivity index (χ0) is 26.1. The SMILES string of the molecule is CCOC(=O)[C@H](CCc1ccccc1)NC(=O)[C@@H]1CCCN1C(=O)[C@H](C)NCCN1C(=O)C=CC1=O. The van der Waals surface area contributed by atoms with Crippen LogP contribution in [0.15, 0.2) is 42.5 Å². The Bertz CT molecular complexity index is 977. The second-order valence-corrected chi connectivity index (χ2v) is 8.86. The number of hydrogen-bond donors (Lipinski definition) is 2. The van der Waals surface area contributed by atoms with Crippen LogP contribution < -0.4 is 10.6 Å². The van der Waals surface area contributed by atoms with E-state index in [2.05, 4.69) is 10.6 Å². The van der Waals surface area contributed by atoms with Crippen LogP contribution in [0.4, 0.5) is 0 Å². The van der Waals surface area contributed by atoms with Gasteiger partial charge in [0.05, 0.1) is 12.6 Å². The lowest BCUT2D eigenvalue weighted by molar-refractivity contribution is -0.148. The van der Waals surface area contributed by atoms with Crippen molar-refractivity contribution in [3.05, 3.63) is 48.0 Å². The molecule has 0 saturated carbocycles. The summed E-state index contributed by atoms with van der Waals surface area (Å²) >= 11 is 0. The molecule has 0 unspecified atom stereocenters. The number of amides is 4. The van der Waals surface area contributed by atoms with E-state index in [0.29, 0.717) is 32.2 Å². The van der Waals surface area contributed by atoms with Crippen LogP contribution in [0, 0.1) is 0 Å². The molecule has 1 fully saturated rings. The van der Waals surface area contributed by atoms with Gasteiger partial charge in [-0.2, -0.15) is 0 Å². The van der Waals surface area contributed by atoms with Crippen LogP contribution in [0.2, 0.25) is 0 Å². The highest BCUT2D eigenvalue weighted by molar-refractivity contribution is 6.12. The average molecular weight is 499 g/mol. The molecule has 0 bridgehead atoms. The quantitative estimate of drug-likeness (QED) is 0.319. The molecule has 2 aliphatic heterocycles. The van der Waals surface area contributed by atoms with Gasteiger partial charge >= 0.3 is 5.97 Å². The van der Waals surface area contributed by atoms with Gasteiger partial charge in [0.1, 0.15) is 12.1 Å². The fourth-order valence-corrected chi connectivity index (χ4v) is 4.40. The van der Waals surface area contributed by atoms with E-state index in [4.69, 9.17) is 4.74 Å². The first-order chi connectivity index (χ1) is 17.3. The van der Waals surface area contributed by atoms with Crippen molar-refractivity contribution in [2.45, 2.75) is 57.7 Å². The third kappa shape index (κ3) is 7.00. The maximum atomic E-state index is 13.2. The van der Waals surface area contributed by atoms with Gasteiger partial charge < -0.3 is 20.3 Å². The highest BCUT2D eigenvalue weighted by Gasteiger charge is 2.37. The molecule has 0 spiro atoms. The topological polar surface area (TPSA) is 125 Å². The van der Waals surface area contributed by atoms with Gasteiger partial charge in [-0.3, -0.25) is 24.1 Å². The Kier molecular flexibility index (Phi) is 9.75. The number of hydrogen-bond acceptors (Lipinski definition) is 7. The first-order valence-corrected chi connectivity index (χ1v) is 12.4. The first kappa shape index (κ1) is 27.1. The van der Waals surface area contributed by atoms with Crippen molar-refractivity contribution >= 4 is 29.6 Å². The Morgan fingerprint density at radius 2 is 1.81 bits per heavy atom. The molecule has 10 heteroatoms. The number of aryl methyl sites for hydroxylation is 1. The molecular formula is C26H34N4O6. The minimum absolute atomic E-state index is 0.148. The molecule has 2 N–H and O–H groups in total. The van der Waals surface area contributed by atoms with E-state index in [1.807, 2.05) is 30.3 Å². The predicted octanol–water partition coefficient (Wildman–Crippen LogP) is 0.561. The average Bonchev–Trinajstić information content (AvgIpc) is 3.49. The summed E-state index contributed by atoms with van der Waals surface area (Å²) in [5.74, 6) is -1.87. The molecule has 2 aliphatic rings. The number of likely N-dealkylation sites (tertiary alicyclic amines) is 1. The minimum Gasteiger partial charge on any atom is -0.464 e. The van der Waals surface area contributed by atoms with Crippen molar-refractivity contribution in [1.29, 1.82) is 0 Å². The second-order valence-electron chi connectivity index (χ2n) is 8.86. The number of carbonyl (C=O) groups excluding carboxylic acids is 5. The molecule has 10 nitrogen and oxygen atoms in total. The van der Waals surface area contributed by atoms with Crippen LogP contribution in [0.5, 0.6) is 0 Å². The smallest absolute Gasteiger partial charge is 0.328 e. The summed E-state index contributed by atoms with van der Waals surface area (Å²) in [6.07, 6.45) is 4.59. The van der Waals surface area contributed by atoms with Crippen LogP contribution in [0.1, 0.15) is 38.7 Å². The number of ether oxygens (including phenoxy) is 1. The van der Waals surface area contributed by atoms with Crippen LogP contribution >= 0.6 is 0 Å². The number of carbonyl (C=O) groups is 5. The Morgan fingerprint density at radius 1 is 1.11 bits per heavy atom. The maximum absolute atomic E-state index is 13.2. The van der Waals surface area contributed by atoms with E-state index in [9.17, 15) is 24.0 Å². The van der Waals surface area contributed by atoms with Gasteiger partial charge in [0, 0.05) is 31.8 Å². The van der Waals surface area contributed by atoms with E-state index < -0.39 is 24.1 Å². The maximum Gasteiger partial charge on any atom is 0.328 e.